The second-order valence-corrected chi connectivity index (χ2v) is 4.05. The van der Waals surface area contributed by atoms with Gasteiger partial charge in [-0.05, 0) is 31.2 Å². The molecule has 0 fully saturated rings. The molecule has 0 unspecified atom stereocenters. The van der Waals surface area contributed by atoms with Gasteiger partial charge in [0.2, 0.25) is 0 Å². The number of hydrogen-bond donors (Lipinski definition) is 2. The number of nitrogens with zero attached hydrogens (tertiary/aromatic N) is 1. The molecule has 2 aromatic rings. The Bertz CT molecular complexity index is 558. The van der Waals surface area contributed by atoms with E-state index in [4.69, 9.17) is 0 Å². The van der Waals surface area contributed by atoms with E-state index < -0.39 is 11.6 Å². The Morgan fingerprint density at radius 2 is 1.95 bits per heavy atom. The normalized spacial score (nSPS) is 10.3. The summed E-state index contributed by atoms with van der Waals surface area (Å²) in [6.45, 7) is 2.97. The van der Waals surface area contributed by atoms with Gasteiger partial charge in [-0.2, -0.15) is 0 Å². The van der Waals surface area contributed by atoms with Crippen LogP contribution >= 0.6 is 0 Å². The van der Waals surface area contributed by atoms with E-state index in [0.717, 1.165) is 30.2 Å². The van der Waals surface area contributed by atoms with E-state index in [1.807, 2.05) is 13.0 Å². The van der Waals surface area contributed by atoms with Crippen LogP contribution in [0.25, 0.3) is 0 Å². The first-order chi connectivity index (χ1) is 9.19. The first-order valence-corrected chi connectivity index (χ1v) is 6.06. The van der Waals surface area contributed by atoms with E-state index >= 15 is 0 Å². The topological polar surface area (TPSA) is 37.0 Å². The van der Waals surface area contributed by atoms with Crippen molar-refractivity contribution >= 4 is 11.5 Å². The molecule has 1 aromatic carbocycles. The zero-order chi connectivity index (χ0) is 13.7. The molecule has 2 rings (SSSR count). The summed E-state index contributed by atoms with van der Waals surface area (Å²) in [5.41, 5.74) is 1.09. The Morgan fingerprint density at radius 1 is 1.11 bits per heavy atom. The van der Waals surface area contributed by atoms with Crippen molar-refractivity contribution in [1.29, 1.82) is 0 Å². The second kappa shape index (κ2) is 6.13. The van der Waals surface area contributed by atoms with Crippen molar-refractivity contribution < 1.29 is 8.78 Å². The van der Waals surface area contributed by atoms with Gasteiger partial charge in [0.15, 0.2) is 0 Å². The molecule has 5 heteroatoms. The van der Waals surface area contributed by atoms with Crippen LogP contribution in [-0.4, -0.2) is 11.5 Å². The molecular weight excluding hydrogens is 248 g/mol. The smallest absolute Gasteiger partial charge is 0.128 e. The van der Waals surface area contributed by atoms with E-state index in [1.165, 1.54) is 6.07 Å². The molecule has 0 aliphatic heterocycles. The summed E-state index contributed by atoms with van der Waals surface area (Å²) >= 11 is 0. The molecule has 100 valence electrons. The number of aromatic nitrogens is 1. The van der Waals surface area contributed by atoms with Gasteiger partial charge < -0.3 is 10.6 Å². The van der Waals surface area contributed by atoms with Crippen LogP contribution in [0, 0.1) is 11.6 Å². The predicted molar refractivity (Wildman–Crippen MR) is 72.1 cm³/mol. The van der Waals surface area contributed by atoms with Crippen LogP contribution in [0.4, 0.5) is 20.3 Å². The maximum atomic E-state index is 13.4. The zero-order valence-corrected chi connectivity index (χ0v) is 10.6. The fourth-order valence-electron chi connectivity index (χ4n) is 1.69. The highest BCUT2D eigenvalue weighted by Crippen LogP contribution is 2.15. The molecule has 1 heterocycles. The number of rotatable bonds is 5. The van der Waals surface area contributed by atoms with Crippen molar-refractivity contribution in [2.45, 2.75) is 13.5 Å². The van der Waals surface area contributed by atoms with Gasteiger partial charge in [0.25, 0.3) is 0 Å². The Kier molecular flexibility index (Phi) is 4.28. The number of hydrogen-bond acceptors (Lipinski definition) is 3. The lowest BCUT2D eigenvalue weighted by atomic mass is 10.2. The standard InChI is InChI=1S/C14H15F2N3/c1-2-17-14-8-12(5-6-18-14)19-9-10-7-11(15)3-4-13(10)16/h3-8H,2,9H2,1H3,(H2,17,18,19). The third kappa shape index (κ3) is 3.64. The molecule has 0 spiro atoms. The fraction of sp³-hybridized carbons (Fsp3) is 0.214. The van der Waals surface area contributed by atoms with Crippen molar-refractivity contribution in [3.63, 3.8) is 0 Å². The van der Waals surface area contributed by atoms with Gasteiger partial charge in [-0.25, -0.2) is 13.8 Å². The number of benzene rings is 1. The first-order valence-electron chi connectivity index (χ1n) is 6.06. The zero-order valence-electron chi connectivity index (χ0n) is 10.6. The van der Waals surface area contributed by atoms with Crippen LogP contribution in [0.3, 0.4) is 0 Å². The molecule has 0 aliphatic rings. The van der Waals surface area contributed by atoms with Gasteiger partial charge >= 0.3 is 0 Å². The Balaban J connectivity index is 2.05. The van der Waals surface area contributed by atoms with Gasteiger partial charge in [-0.15, -0.1) is 0 Å². The summed E-state index contributed by atoms with van der Waals surface area (Å²) in [6.07, 6.45) is 1.66. The molecule has 0 bridgehead atoms. The van der Waals surface area contributed by atoms with Crippen LogP contribution in [0.15, 0.2) is 36.5 Å². The minimum Gasteiger partial charge on any atom is -0.381 e. The lowest BCUT2D eigenvalue weighted by Crippen LogP contribution is -2.04. The van der Waals surface area contributed by atoms with Gasteiger partial charge in [0.05, 0.1) is 0 Å². The Labute approximate surface area is 110 Å². The molecule has 2 N–H and O–H groups in total. The maximum Gasteiger partial charge on any atom is 0.128 e. The van der Waals surface area contributed by atoms with Gasteiger partial charge in [-0.3, -0.25) is 0 Å². The highest BCUT2D eigenvalue weighted by molar-refractivity contribution is 5.52. The average Bonchev–Trinajstić information content (AvgIpc) is 2.41. The molecular formula is C14H15F2N3. The van der Waals surface area contributed by atoms with Gasteiger partial charge in [-0.1, -0.05) is 0 Å². The predicted octanol–water partition coefficient (Wildman–Crippen LogP) is 3.40. The summed E-state index contributed by atoms with van der Waals surface area (Å²) in [6, 6.07) is 7.02. The minimum atomic E-state index is -0.443. The van der Waals surface area contributed by atoms with E-state index in [1.54, 1.807) is 12.3 Å². The van der Waals surface area contributed by atoms with Crippen molar-refractivity contribution in [2.75, 3.05) is 17.2 Å². The monoisotopic (exact) mass is 263 g/mol. The molecule has 1 aromatic heterocycles. The number of halogens is 2. The summed E-state index contributed by atoms with van der Waals surface area (Å²) < 4.78 is 26.5. The van der Waals surface area contributed by atoms with Gasteiger partial charge in [0, 0.05) is 36.6 Å². The minimum absolute atomic E-state index is 0.221. The number of pyridine rings is 1. The lowest BCUT2D eigenvalue weighted by Gasteiger charge is -2.09. The molecule has 0 atom stereocenters. The van der Waals surface area contributed by atoms with E-state index in [2.05, 4.69) is 15.6 Å². The van der Waals surface area contributed by atoms with Crippen LogP contribution in [0.5, 0.6) is 0 Å². The maximum absolute atomic E-state index is 13.4. The lowest BCUT2D eigenvalue weighted by molar-refractivity contribution is 0.587. The van der Waals surface area contributed by atoms with Crippen molar-refractivity contribution in [3.8, 4) is 0 Å². The van der Waals surface area contributed by atoms with E-state index in [9.17, 15) is 8.78 Å². The number of anilines is 2. The molecule has 0 saturated carbocycles. The average molecular weight is 263 g/mol. The molecule has 0 radical (unpaired) electrons. The Hall–Kier alpha value is -2.17. The van der Waals surface area contributed by atoms with Crippen molar-refractivity contribution in [2.24, 2.45) is 0 Å². The quantitative estimate of drug-likeness (QED) is 0.868. The van der Waals surface area contributed by atoms with E-state index in [0.29, 0.717) is 5.56 Å². The summed E-state index contributed by atoms with van der Waals surface area (Å²) in [5, 5.41) is 6.12. The third-order valence-electron chi connectivity index (χ3n) is 2.61. The van der Waals surface area contributed by atoms with Crippen molar-refractivity contribution in [3.05, 3.63) is 53.7 Å². The fourth-order valence-corrected chi connectivity index (χ4v) is 1.69. The largest absolute Gasteiger partial charge is 0.381 e. The molecule has 0 saturated heterocycles. The summed E-state index contributed by atoms with van der Waals surface area (Å²) in [5.74, 6) is -0.122. The Morgan fingerprint density at radius 3 is 2.74 bits per heavy atom. The van der Waals surface area contributed by atoms with Gasteiger partial charge in [0.1, 0.15) is 17.5 Å². The SMILES string of the molecule is CCNc1cc(NCc2cc(F)ccc2F)ccn1. The van der Waals surface area contributed by atoms with Crippen LogP contribution < -0.4 is 10.6 Å². The summed E-state index contributed by atoms with van der Waals surface area (Å²) in [4.78, 5) is 4.13. The van der Waals surface area contributed by atoms with Crippen molar-refractivity contribution in [1.82, 2.24) is 4.98 Å². The first kappa shape index (κ1) is 13.3. The number of nitrogens with one attached hydrogen (secondary N) is 2. The summed E-state index contributed by atoms with van der Waals surface area (Å²) in [7, 11) is 0. The highest BCUT2D eigenvalue weighted by atomic mass is 19.1. The third-order valence-corrected chi connectivity index (χ3v) is 2.61. The second-order valence-electron chi connectivity index (χ2n) is 4.05. The van der Waals surface area contributed by atoms with Crippen LogP contribution in [0.2, 0.25) is 0 Å². The molecule has 3 nitrogen and oxygen atoms in total. The highest BCUT2D eigenvalue weighted by Gasteiger charge is 2.04. The van der Waals surface area contributed by atoms with Crippen LogP contribution in [0.1, 0.15) is 12.5 Å². The van der Waals surface area contributed by atoms with Crippen LogP contribution in [-0.2, 0) is 6.54 Å². The molecule has 0 amide bonds. The van der Waals surface area contributed by atoms with E-state index in [-0.39, 0.29) is 6.54 Å². The molecule has 19 heavy (non-hydrogen) atoms. The molecule has 0 aliphatic carbocycles.